The molecule has 162 valence electrons. The number of methoxy groups -OCH3 is 1. The summed E-state index contributed by atoms with van der Waals surface area (Å²) in [4.78, 5) is 9.17. The second-order valence-electron chi connectivity index (χ2n) is 8.94. The average molecular weight is 415 g/mol. The van der Waals surface area contributed by atoms with Crippen molar-refractivity contribution in [2.24, 2.45) is 10.9 Å². The monoisotopic (exact) mass is 414 g/mol. The Hall–Kier alpha value is -2.08. The van der Waals surface area contributed by atoms with Gasteiger partial charge in [0, 0.05) is 45.0 Å². The van der Waals surface area contributed by atoms with Crippen LogP contribution in [0.4, 0.5) is 4.39 Å². The molecule has 0 radical (unpaired) electrons. The smallest absolute Gasteiger partial charge is 0.182 e. The number of H-pyrrole nitrogens is 1. The lowest BCUT2D eigenvalue weighted by molar-refractivity contribution is -0.112. The van der Waals surface area contributed by atoms with Crippen molar-refractivity contribution in [2.75, 3.05) is 26.7 Å². The van der Waals surface area contributed by atoms with E-state index < -0.39 is 12.4 Å². The molecule has 0 amide bonds. The summed E-state index contributed by atoms with van der Waals surface area (Å²) in [5, 5.41) is 16.9. The molecule has 8 heteroatoms. The molecule has 1 aromatic heterocycles. The average Bonchev–Trinajstić information content (AvgIpc) is 3.25. The van der Waals surface area contributed by atoms with E-state index >= 15 is 0 Å². The molecule has 4 aliphatic heterocycles. The summed E-state index contributed by atoms with van der Waals surface area (Å²) in [6.45, 7) is 9.24. The molecule has 0 aliphatic carbocycles. The first-order chi connectivity index (χ1) is 14.4. The predicted molar refractivity (Wildman–Crippen MR) is 113 cm³/mol. The Balaban J connectivity index is 1.49. The number of aliphatic imine (C=N–C) groups is 1. The number of nitrogens with one attached hydrogen (secondary N) is 1. The van der Waals surface area contributed by atoms with E-state index in [9.17, 15) is 9.65 Å². The Morgan fingerprint density at radius 1 is 1.43 bits per heavy atom. The van der Waals surface area contributed by atoms with E-state index in [1.807, 2.05) is 0 Å². The van der Waals surface area contributed by atoms with Gasteiger partial charge in [-0.25, -0.2) is 4.39 Å². The van der Waals surface area contributed by atoms with Crippen LogP contribution in [0.3, 0.4) is 0 Å². The number of nitrogens with zero attached hydrogens (tertiary/aromatic N) is 5. The molecule has 5 rings (SSSR count). The molecule has 0 spiro atoms. The van der Waals surface area contributed by atoms with Crippen molar-refractivity contribution in [3.63, 3.8) is 0 Å². The van der Waals surface area contributed by atoms with Crippen LogP contribution in [-0.4, -0.2) is 77.4 Å². The number of alkyl halides is 1. The van der Waals surface area contributed by atoms with E-state index in [1.54, 1.807) is 18.5 Å². The van der Waals surface area contributed by atoms with Crippen molar-refractivity contribution in [1.29, 1.82) is 5.26 Å². The maximum Gasteiger partial charge on any atom is 0.182 e. The van der Waals surface area contributed by atoms with Crippen molar-refractivity contribution < 1.29 is 9.13 Å². The number of ether oxygens (including phenoxy) is 1. The van der Waals surface area contributed by atoms with Gasteiger partial charge in [0.2, 0.25) is 0 Å². The van der Waals surface area contributed by atoms with Crippen molar-refractivity contribution in [2.45, 2.75) is 63.6 Å². The standard InChI is InChI=1S/C22H31FN6O/c1-5-14(2)22(3,20-16(8-24)10-26-27-20)28-12-17-7-18(13-28)29(17)11-15-6-19(23)21(30-4)25-9-15/h6,9-10,14,17-19,21H,5,7,11-13H2,1-4H3,(H,26,27)/t14-,17?,18?,19?,21?,22?/m1/s1. The van der Waals surface area contributed by atoms with Crippen LogP contribution in [-0.2, 0) is 10.3 Å². The van der Waals surface area contributed by atoms with E-state index in [0.29, 0.717) is 23.6 Å². The van der Waals surface area contributed by atoms with Crippen molar-refractivity contribution >= 4 is 6.21 Å². The fourth-order valence-electron chi connectivity index (χ4n) is 5.27. The SMILES string of the molecule is CC[C@@H](C)C(C)(c1[nH]ncc1C#N)N1CC2CC(C1)N2CC1=CC(F)C(OC)N=C1. The van der Waals surface area contributed by atoms with Gasteiger partial charge in [-0.2, -0.15) is 10.4 Å². The first kappa shape index (κ1) is 21.2. The molecule has 0 aromatic carbocycles. The van der Waals surface area contributed by atoms with Gasteiger partial charge in [-0.05, 0) is 30.9 Å². The summed E-state index contributed by atoms with van der Waals surface area (Å²) in [5.74, 6) is 0.363. The molecule has 2 bridgehead atoms. The zero-order valence-electron chi connectivity index (χ0n) is 18.2. The Morgan fingerprint density at radius 2 is 2.17 bits per heavy atom. The number of aromatic nitrogens is 2. The molecule has 1 aromatic rings. The van der Waals surface area contributed by atoms with Gasteiger partial charge in [0.15, 0.2) is 12.4 Å². The lowest BCUT2D eigenvalue weighted by Crippen LogP contribution is -2.72. The predicted octanol–water partition coefficient (Wildman–Crippen LogP) is 2.62. The first-order valence-electron chi connectivity index (χ1n) is 10.8. The molecule has 0 saturated carbocycles. The van der Waals surface area contributed by atoms with Crippen LogP contribution in [0.1, 0.15) is 44.9 Å². The number of piperidine rings is 1. The van der Waals surface area contributed by atoms with E-state index in [2.05, 4.69) is 51.8 Å². The molecule has 4 aliphatic rings. The van der Waals surface area contributed by atoms with Gasteiger partial charge in [0.25, 0.3) is 0 Å². The van der Waals surface area contributed by atoms with Crippen molar-refractivity contribution in [1.82, 2.24) is 20.0 Å². The van der Waals surface area contributed by atoms with Gasteiger partial charge in [-0.15, -0.1) is 0 Å². The highest BCUT2D eigenvalue weighted by atomic mass is 19.1. The summed E-state index contributed by atoms with van der Waals surface area (Å²) >= 11 is 0. The number of nitriles is 1. The molecule has 5 unspecified atom stereocenters. The normalized spacial score (nSPS) is 32.1. The number of fused-ring (bicyclic) bond motifs is 2. The number of dihydropyridines is 1. The second kappa shape index (κ2) is 8.22. The van der Waals surface area contributed by atoms with Crippen molar-refractivity contribution in [3.8, 4) is 6.07 Å². The molecular formula is C22H31FN6O. The molecular weight excluding hydrogens is 383 g/mol. The van der Waals surface area contributed by atoms with Gasteiger partial charge < -0.3 is 4.74 Å². The number of halogens is 1. The third kappa shape index (κ3) is 3.39. The van der Waals surface area contributed by atoms with Gasteiger partial charge in [0.1, 0.15) is 6.07 Å². The van der Waals surface area contributed by atoms with Crippen molar-refractivity contribution in [3.05, 3.63) is 29.1 Å². The molecule has 30 heavy (non-hydrogen) atoms. The highest BCUT2D eigenvalue weighted by molar-refractivity contribution is 5.80. The van der Waals surface area contributed by atoms with Crippen LogP contribution in [0.5, 0.6) is 0 Å². The number of hydrogen-bond donors (Lipinski definition) is 1. The molecule has 3 fully saturated rings. The molecule has 5 heterocycles. The summed E-state index contributed by atoms with van der Waals surface area (Å²) < 4.78 is 19.2. The summed E-state index contributed by atoms with van der Waals surface area (Å²) in [5.41, 5.74) is 2.18. The maximum atomic E-state index is 14.2. The Morgan fingerprint density at radius 3 is 2.77 bits per heavy atom. The summed E-state index contributed by atoms with van der Waals surface area (Å²) in [7, 11) is 1.48. The Bertz CT molecular complexity index is 863. The number of rotatable bonds is 7. The largest absolute Gasteiger partial charge is 0.356 e. The fraction of sp³-hybridized carbons (Fsp3) is 0.682. The Kier molecular flexibility index (Phi) is 5.80. The third-order valence-electron chi connectivity index (χ3n) is 7.48. The minimum absolute atomic E-state index is 0.277. The summed E-state index contributed by atoms with van der Waals surface area (Å²) in [6.07, 6.45) is 5.28. The quantitative estimate of drug-likeness (QED) is 0.742. The van der Waals surface area contributed by atoms with E-state index in [-0.39, 0.29) is 5.54 Å². The van der Waals surface area contributed by atoms with Gasteiger partial charge in [0.05, 0.1) is 23.0 Å². The van der Waals surface area contributed by atoms with Crippen LogP contribution in [0.15, 0.2) is 22.8 Å². The van der Waals surface area contributed by atoms with Crippen LogP contribution in [0.25, 0.3) is 0 Å². The third-order valence-corrected chi connectivity index (χ3v) is 7.48. The zero-order valence-corrected chi connectivity index (χ0v) is 18.2. The van der Waals surface area contributed by atoms with Gasteiger partial charge in [-0.3, -0.25) is 19.9 Å². The summed E-state index contributed by atoms with van der Waals surface area (Å²) in [6, 6.07) is 3.15. The minimum atomic E-state index is -1.19. The van der Waals surface area contributed by atoms with E-state index in [1.165, 1.54) is 7.11 Å². The molecule has 1 N–H and O–H groups in total. The second-order valence-corrected chi connectivity index (χ2v) is 8.94. The van der Waals surface area contributed by atoms with E-state index in [0.717, 1.165) is 43.7 Å². The minimum Gasteiger partial charge on any atom is -0.356 e. The van der Waals surface area contributed by atoms with E-state index in [4.69, 9.17) is 4.74 Å². The molecule has 7 nitrogen and oxygen atoms in total. The zero-order chi connectivity index (χ0) is 21.5. The maximum absolute atomic E-state index is 14.2. The number of aromatic amines is 1. The highest BCUT2D eigenvalue weighted by Crippen LogP contribution is 2.44. The van der Waals surface area contributed by atoms with Crippen LogP contribution >= 0.6 is 0 Å². The van der Waals surface area contributed by atoms with Crippen LogP contribution < -0.4 is 0 Å². The number of hydrogen-bond acceptors (Lipinski definition) is 6. The fourth-order valence-corrected chi connectivity index (χ4v) is 5.27. The van der Waals surface area contributed by atoms with Crippen LogP contribution in [0, 0.1) is 17.2 Å². The topological polar surface area (TPSA) is 80.5 Å². The van der Waals surface area contributed by atoms with Gasteiger partial charge >= 0.3 is 0 Å². The Labute approximate surface area is 177 Å². The molecule has 3 saturated heterocycles. The number of piperazine rings is 1. The lowest BCUT2D eigenvalue weighted by atomic mass is 9.75. The molecule has 6 atom stereocenters. The van der Waals surface area contributed by atoms with Gasteiger partial charge in [-0.1, -0.05) is 20.3 Å². The lowest BCUT2D eigenvalue weighted by Gasteiger charge is -2.61. The first-order valence-corrected chi connectivity index (χ1v) is 10.8. The van der Waals surface area contributed by atoms with Crippen LogP contribution in [0.2, 0.25) is 0 Å². The highest BCUT2D eigenvalue weighted by Gasteiger charge is 2.51.